The summed E-state index contributed by atoms with van der Waals surface area (Å²) in [4.78, 5) is 0. The van der Waals surface area contributed by atoms with E-state index in [1.165, 1.54) is 13.2 Å². The maximum Gasteiger partial charge on any atom is 0.190 e. The van der Waals surface area contributed by atoms with E-state index in [-0.39, 0.29) is 5.02 Å². The van der Waals surface area contributed by atoms with Crippen LogP contribution in [0.15, 0.2) is 40.9 Å². The summed E-state index contributed by atoms with van der Waals surface area (Å²) in [6.07, 6.45) is -0.574. The molecule has 0 bridgehead atoms. The van der Waals surface area contributed by atoms with Crippen molar-refractivity contribution in [3.05, 3.63) is 62.8 Å². The predicted octanol–water partition coefficient (Wildman–Crippen LogP) is 4.32. The summed E-state index contributed by atoms with van der Waals surface area (Å²) in [5.41, 5.74) is 5.70. The summed E-state index contributed by atoms with van der Waals surface area (Å²) >= 11 is 9.43. The minimum Gasteiger partial charge on any atom is -0.476 e. The van der Waals surface area contributed by atoms with Crippen LogP contribution < -0.4 is 10.5 Å². The van der Waals surface area contributed by atoms with E-state index < -0.39 is 23.6 Å². The van der Waals surface area contributed by atoms with Crippen molar-refractivity contribution in [2.45, 2.75) is 30.7 Å². The van der Waals surface area contributed by atoms with Gasteiger partial charge in [-0.3, -0.25) is 0 Å². The molecule has 3 N–H and O–H groups in total. The minimum atomic E-state index is -1.23. The van der Waals surface area contributed by atoms with Gasteiger partial charge in [0.05, 0.1) is 5.02 Å². The van der Waals surface area contributed by atoms with Crippen molar-refractivity contribution in [2.24, 2.45) is 5.73 Å². The molecular weight excluding hydrogens is 425 g/mol. The highest BCUT2D eigenvalue weighted by atomic mass is 79.9. The normalized spacial score (nSPS) is 22.8. The Labute approximate surface area is 165 Å². The van der Waals surface area contributed by atoms with Crippen LogP contribution in [0.5, 0.6) is 5.75 Å². The molecule has 2 aromatic carbocycles. The number of benzene rings is 2. The van der Waals surface area contributed by atoms with Crippen LogP contribution in [-0.4, -0.2) is 24.9 Å². The van der Waals surface area contributed by atoms with Crippen molar-refractivity contribution in [2.75, 3.05) is 13.7 Å². The second-order valence-electron chi connectivity index (χ2n) is 6.22. The SMILES string of the molecule is CO[C@H]1c2c(cc(F)c(Cl)c2Br)O[C@@]1(c1ccccc1)C(O)CCCN. The molecule has 0 fully saturated rings. The van der Waals surface area contributed by atoms with Crippen molar-refractivity contribution >= 4 is 27.5 Å². The molecular formula is C19H20BrClFNO3. The van der Waals surface area contributed by atoms with Gasteiger partial charge in [-0.1, -0.05) is 41.9 Å². The van der Waals surface area contributed by atoms with Gasteiger partial charge in [0.25, 0.3) is 0 Å². The first kappa shape index (κ1) is 19.6. The summed E-state index contributed by atoms with van der Waals surface area (Å²) in [5.74, 6) is -0.311. The average molecular weight is 445 g/mol. The molecule has 1 aliphatic heterocycles. The summed E-state index contributed by atoms with van der Waals surface area (Å²) in [5, 5.41) is 11.0. The third-order valence-electron chi connectivity index (χ3n) is 4.73. The highest BCUT2D eigenvalue weighted by molar-refractivity contribution is 9.10. The quantitative estimate of drug-likeness (QED) is 0.652. The first-order valence-electron chi connectivity index (χ1n) is 8.30. The van der Waals surface area contributed by atoms with Gasteiger partial charge in [-0.2, -0.15) is 0 Å². The number of halogens is 3. The zero-order chi connectivity index (χ0) is 18.9. The average Bonchev–Trinajstić information content (AvgIpc) is 3.00. The molecule has 3 atom stereocenters. The lowest BCUT2D eigenvalue weighted by molar-refractivity contribution is -0.131. The van der Waals surface area contributed by atoms with Crippen LogP contribution in [0.3, 0.4) is 0 Å². The van der Waals surface area contributed by atoms with Crippen molar-refractivity contribution in [3.8, 4) is 5.75 Å². The van der Waals surface area contributed by atoms with Crippen LogP contribution in [0.2, 0.25) is 5.02 Å². The highest BCUT2D eigenvalue weighted by Gasteiger charge is 2.56. The molecule has 0 saturated carbocycles. The molecule has 1 heterocycles. The van der Waals surface area contributed by atoms with Crippen LogP contribution in [0.1, 0.15) is 30.1 Å². The number of hydrogen-bond donors (Lipinski definition) is 2. The Morgan fingerprint density at radius 2 is 2.12 bits per heavy atom. The topological polar surface area (TPSA) is 64.7 Å². The van der Waals surface area contributed by atoms with Gasteiger partial charge < -0.3 is 20.3 Å². The third kappa shape index (κ3) is 3.04. The van der Waals surface area contributed by atoms with E-state index in [0.29, 0.717) is 35.2 Å². The van der Waals surface area contributed by atoms with Crippen LogP contribution in [-0.2, 0) is 10.3 Å². The van der Waals surface area contributed by atoms with Gasteiger partial charge in [-0.25, -0.2) is 4.39 Å². The molecule has 0 amide bonds. The molecule has 0 spiro atoms. The van der Waals surface area contributed by atoms with E-state index in [4.69, 9.17) is 26.8 Å². The summed E-state index contributed by atoms with van der Waals surface area (Å²) in [6, 6.07) is 10.5. The number of methoxy groups -OCH3 is 1. The lowest BCUT2D eigenvalue weighted by Gasteiger charge is -2.38. The van der Waals surface area contributed by atoms with Gasteiger partial charge in [0.15, 0.2) is 5.60 Å². The van der Waals surface area contributed by atoms with Crippen LogP contribution >= 0.6 is 27.5 Å². The molecule has 1 aliphatic rings. The van der Waals surface area contributed by atoms with Crippen molar-refractivity contribution in [1.29, 1.82) is 0 Å². The summed E-state index contributed by atoms with van der Waals surface area (Å²) < 4.78 is 26.5. The van der Waals surface area contributed by atoms with Crippen molar-refractivity contribution < 1.29 is 19.0 Å². The Morgan fingerprint density at radius 1 is 1.42 bits per heavy atom. The first-order valence-corrected chi connectivity index (χ1v) is 9.47. The maximum absolute atomic E-state index is 14.2. The zero-order valence-corrected chi connectivity index (χ0v) is 16.6. The number of rotatable bonds is 6. The lowest BCUT2D eigenvalue weighted by atomic mass is 9.80. The monoisotopic (exact) mass is 443 g/mol. The van der Waals surface area contributed by atoms with Crippen molar-refractivity contribution in [1.82, 2.24) is 0 Å². The molecule has 0 saturated heterocycles. The molecule has 0 radical (unpaired) electrons. The number of nitrogens with two attached hydrogens (primary N) is 1. The predicted molar refractivity (Wildman–Crippen MR) is 102 cm³/mol. The highest BCUT2D eigenvalue weighted by Crippen LogP contribution is 2.56. The Balaban J connectivity index is 2.20. The van der Waals surface area contributed by atoms with Crippen molar-refractivity contribution in [3.63, 3.8) is 0 Å². The number of ether oxygens (including phenoxy) is 2. The molecule has 0 aromatic heterocycles. The summed E-state index contributed by atoms with van der Waals surface area (Å²) in [6.45, 7) is 0.441. The zero-order valence-electron chi connectivity index (χ0n) is 14.2. The van der Waals surface area contributed by atoms with Gasteiger partial charge in [-0.15, -0.1) is 0 Å². The van der Waals surface area contributed by atoms with Gasteiger partial charge in [0, 0.05) is 28.8 Å². The molecule has 2 aromatic rings. The van der Waals surface area contributed by atoms with Crippen LogP contribution in [0, 0.1) is 5.82 Å². The third-order valence-corrected chi connectivity index (χ3v) is 6.15. The fourth-order valence-electron chi connectivity index (χ4n) is 3.53. The number of aliphatic hydroxyl groups excluding tert-OH is 1. The Hall–Kier alpha value is -1.18. The number of fused-ring (bicyclic) bond motifs is 1. The van der Waals surface area contributed by atoms with Crippen LogP contribution in [0.4, 0.5) is 4.39 Å². The van der Waals surface area contributed by atoms with Gasteiger partial charge >= 0.3 is 0 Å². The summed E-state index contributed by atoms with van der Waals surface area (Å²) in [7, 11) is 1.53. The lowest BCUT2D eigenvalue weighted by Crippen LogP contribution is -2.47. The maximum atomic E-state index is 14.2. The van der Waals surface area contributed by atoms with E-state index in [2.05, 4.69) is 15.9 Å². The van der Waals surface area contributed by atoms with Crippen LogP contribution in [0.25, 0.3) is 0 Å². The van der Waals surface area contributed by atoms with E-state index >= 15 is 0 Å². The van der Waals surface area contributed by atoms with Gasteiger partial charge in [0.2, 0.25) is 0 Å². The molecule has 140 valence electrons. The van der Waals surface area contributed by atoms with E-state index in [0.717, 1.165) is 5.56 Å². The number of hydrogen-bond acceptors (Lipinski definition) is 4. The standard InChI is InChI=1S/C19H20BrClFNO3/c1-25-18-15-13(10-12(22)17(21)16(15)20)26-19(18,14(24)8-5-9-23)11-6-3-2-4-7-11/h2-4,6-7,10,14,18,24H,5,8-9,23H2,1H3/t14?,18-,19-/m0/s1. The van der Waals surface area contributed by atoms with E-state index in [9.17, 15) is 9.50 Å². The van der Waals surface area contributed by atoms with Gasteiger partial charge in [0.1, 0.15) is 23.8 Å². The molecule has 7 heteroatoms. The molecule has 3 rings (SSSR count). The molecule has 0 aliphatic carbocycles. The molecule has 1 unspecified atom stereocenters. The fraction of sp³-hybridized carbons (Fsp3) is 0.368. The molecule has 4 nitrogen and oxygen atoms in total. The second kappa shape index (κ2) is 7.82. The largest absolute Gasteiger partial charge is 0.476 e. The fourth-order valence-corrected chi connectivity index (χ4v) is 4.28. The molecule has 26 heavy (non-hydrogen) atoms. The Bertz CT molecular complexity index is 792. The number of aliphatic hydroxyl groups is 1. The second-order valence-corrected chi connectivity index (χ2v) is 7.39. The van der Waals surface area contributed by atoms with E-state index in [1.54, 1.807) is 0 Å². The smallest absolute Gasteiger partial charge is 0.190 e. The van der Waals surface area contributed by atoms with E-state index in [1.807, 2.05) is 30.3 Å². The minimum absolute atomic E-state index is 0.0466. The first-order chi connectivity index (χ1) is 12.5. The Kier molecular flexibility index (Phi) is 5.89. The Morgan fingerprint density at radius 3 is 2.73 bits per heavy atom. The van der Waals surface area contributed by atoms with Gasteiger partial charge in [-0.05, 0) is 35.3 Å².